The zero-order chi connectivity index (χ0) is 26.4. The van der Waals surface area contributed by atoms with Crippen LogP contribution in [0.2, 0.25) is 0 Å². The van der Waals surface area contributed by atoms with E-state index in [-0.39, 0.29) is 12.2 Å². The van der Waals surface area contributed by atoms with Crippen molar-refractivity contribution in [3.05, 3.63) is 53.1 Å². The summed E-state index contributed by atoms with van der Waals surface area (Å²) < 4.78 is 12.5. The summed E-state index contributed by atoms with van der Waals surface area (Å²) in [5.74, 6) is 1.78. The van der Waals surface area contributed by atoms with Crippen molar-refractivity contribution in [2.45, 2.75) is 69.6 Å². The number of methoxy groups -OCH3 is 2. The predicted octanol–water partition coefficient (Wildman–Crippen LogP) is 3.97. The Labute approximate surface area is 224 Å². The third-order valence-electron chi connectivity index (χ3n) is 9.43. The van der Waals surface area contributed by atoms with Crippen molar-refractivity contribution in [1.82, 2.24) is 24.3 Å². The molecule has 0 spiro atoms. The summed E-state index contributed by atoms with van der Waals surface area (Å²) in [5, 5.41) is 0. The first kappa shape index (κ1) is 25.2. The van der Waals surface area contributed by atoms with E-state index in [0.29, 0.717) is 43.1 Å². The van der Waals surface area contributed by atoms with Gasteiger partial charge in [0.1, 0.15) is 5.82 Å². The van der Waals surface area contributed by atoms with Gasteiger partial charge >= 0.3 is 12.2 Å². The zero-order valence-electron chi connectivity index (χ0n) is 22.7. The summed E-state index contributed by atoms with van der Waals surface area (Å²) in [7, 11) is 2.91. The van der Waals surface area contributed by atoms with Gasteiger partial charge in [-0.2, -0.15) is 0 Å². The number of benzene rings is 1. The molecule has 1 aromatic carbocycles. The zero-order valence-corrected chi connectivity index (χ0v) is 22.7. The van der Waals surface area contributed by atoms with E-state index in [9.17, 15) is 9.59 Å². The molecule has 6 rings (SSSR count). The molecule has 0 saturated carbocycles. The second kappa shape index (κ2) is 10.2. The molecule has 3 fully saturated rings. The molecule has 5 heterocycles. The number of aryl methyl sites for hydroxylation is 1. The summed E-state index contributed by atoms with van der Waals surface area (Å²) in [4.78, 5) is 35.8. The number of fused-ring (bicyclic) bond motifs is 3. The van der Waals surface area contributed by atoms with Gasteiger partial charge in [-0.1, -0.05) is 30.3 Å². The molecule has 1 unspecified atom stereocenters. The van der Waals surface area contributed by atoms with Gasteiger partial charge in [-0.15, -0.1) is 0 Å². The number of imidazole rings is 1. The monoisotopic (exact) mass is 521 g/mol. The molecule has 0 aliphatic carbocycles. The SMILES string of the molecule is COC(=O)N1CCc2c(nc(C)n2C2C[C@H]3CC[C@@H](C2)N3C[C@H]2CN(C(=O)OC)C[C@@H]2c2ccccc2)C1. The van der Waals surface area contributed by atoms with Crippen LogP contribution in [0.25, 0.3) is 0 Å². The minimum absolute atomic E-state index is 0.221. The Hall–Kier alpha value is -3.07. The molecule has 9 heteroatoms. The van der Waals surface area contributed by atoms with Crippen molar-refractivity contribution in [1.29, 1.82) is 0 Å². The molecular formula is C29H39N5O4. The lowest BCUT2D eigenvalue weighted by Crippen LogP contribution is -2.47. The number of carbonyl (C=O) groups excluding carboxylic acids is 2. The number of piperidine rings is 1. The highest BCUT2D eigenvalue weighted by Gasteiger charge is 2.46. The Morgan fingerprint density at radius 1 is 0.947 bits per heavy atom. The highest BCUT2D eigenvalue weighted by Crippen LogP contribution is 2.44. The topological polar surface area (TPSA) is 80.1 Å². The fraction of sp³-hybridized carbons (Fsp3) is 0.621. The summed E-state index contributed by atoms with van der Waals surface area (Å²) >= 11 is 0. The molecule has 0 N–H and O–H groups in total. The molecular weight excluding hydrogens is 482 g/mol. The number of ether oxygens (including phenoxy) is 2. The van der Waals surface area contributed by atoms with Crippen LogP contribution in [0.4, 0.5) is 9.59 Å². The predicted molar refractivity (Wildman–Crippen MR) is 142 cm³/mol. The lowest BCUT2D eigenvalue weighted by Gasteiger charge is -2.42. The number of hydrogen-bond acceptors (Lipinski definition) is 6. The molecule has 204 valence electrons. The highest BCUT2D eigenvalue weighted by molar-refractivity contribution is 5.68. The molecule has 3 saturated heterocycles. The van der Waals surface area contributed by atoms with E-state index >= 15 is 0 Å². The van der Waals surface area contributed by atoms with Crippen LogP contribution in [0.5, 0.6) is 0 Å². The van der Waals surface area contributed by atoms with Crippen LogP contribution in [-0.2, 0) is 22.4 Å². The van der Waals surface area contributed by atoms with Crippen LogP contribution in [0.1, 0.15) is 60.4 Å². The average molecular weight is 522 g/mol. The number of aromatic nitrogens is 2. The quantitative estimate of drug-likeness (QED) is 0.606. The fourth-order valence-electron chi connectivity index (χ4n) is 7.75. The molecule has 2 bridgehead atoms. The summed E-state index contributed by atoms with van der Waals surface area (Å²) in [6.07, 6.45) is 5.05. The molecule has 4 aliphatic rings. The Morgan fingerprint density at radius 3 is 2.32 bits per heavy atom. The van der Waals surface area contributed by atoms with E-state index in [1.165, 1.54) is 38.3 Å². The first-order valence-corrected chi connectivity index (χ1v) is 14.0. The number of amides is 2. The molecule has 0 radical (unpaired) electrons. The van der Waals surface area contributed by atoms with Crippen molar-refractivity contribution in [3.8, 4) is 0 Å². The normalized spacial score (nSPS) is 28.9. The number of likely N-dealkylation sites (tertiary alicyclic amines) is 1. The van der Waals surface area contributed by atoms with Gasteiger partial charge in [0.15, 0.2) is 0 Å². The Kier molecular flexibility index (Phi) is 6.80. The van der Waals surface area contributed by atoms with Gasteiger partial charge in [-0.25, -0.2) is 14.6 Å². The first-order valence-electron chi connectivity index (χ1n) is 14.0. The van der Waals surface area contributed by atoms with Crippen molar-refractivity contribution >= 4 is 12.2 Å². The van der Waals surface area contributed by atoms with Gasteiger partial charge in [0.25, 0.3) is 0 Å². The second-order valence-electron chi connectivity index (χ2n) is 11.4. The van der Waals surface area contributed by atoms with Crippen LogP contribution >= 0.6 is 0 Å². The Morgan fingerprint density at radius 2 is 1.63 bits per heavy atom. The summed E-state index contributed by atoms with van der Waals surface area (Å²) in [5.41, 5.74) is 3.63. The Balaban J connectivity index is 1.18. The molecule has 2 amide bonds. The maximum atomic E-state index is 12.4. The number of rotatable bonds is 4. The number of hydrogen-bond donors (Lipinski definition) is 0. The summed E-state index contributed by atoms with van der Waals surface area (Å²) in [6.45, 7) is 5.80. The minimum Gasteiger partial charge on any atom is -0.453 e. The summed E-state index contributed by atoms with van der Waals surface area (Å²) in [6, 6.07) is 12.2. The maximum Gasteiger partial charge on any atom is 0.409 e. The maximum absolute atomic E-state index is 12.4. The van der Waals surface area contributed by atoms with Crippen LogP contribution in [0.15, 0.2) is 30.3 Å². The molecule has 5 atom stereocenters. The van der Waals surface area contributed by atoms with Crippen molar-refractivity contribution < 1.29 is 19.1 Å². The second-order valence-corrected chi connectivity index (χ2v) is 11.4. The van der Waals surface area contributed by atoms with Crippen LogP contribution < -0.4 is 0 Å². The van der Waals surface area contributed by atoms with Gasteiger partial charge in [0.05, 0.1) is 26.5 Å². The Bertz CT molecular complexity index is 1170. The first-order chi connectivity index (χ1) is 18.5. The third kappa shape index (κ3) is 4.44. The molecule has 9 nitrogen and oxygen atoms in total. The van der Waals surface area contributed by atoms with Crippen molar-refractivity contribution in [3.63, 3.8) is 0 Å². The van der Waals surface area contributed by atoms with Gasteiger partial charge in [0.2, 0.25) is 0 Å². The van der Waals surface area contributed by atoms with Crippen molar-refractivity contribution in [2.24, 2.45) is 5.92 Å². The van der Waals surface area contributed by atoms with E-state index in [2.05, 4.69) is 46.7 Å². The number of carbonyl (C=O) groups is 2. The van der Waals surface area contributed by atoms with Gasteiger partial charge < -0.3 is 23.8 Å². The van der Waals surface area contributed by atoms with Crippen LogP contribution in [0, 0.1) is 12.8 Å². The van der Waals surface area contributed by atoms with Crippen LogP contribution in [0.3, 0.4) is 0 Å². The van der Waals surface area contributed by atoms with Gasteiger partial charge in [0, 0.05) is 62.3 Å². The van der Waals surface area contributed by atoms with Gasteiger partial charge in [-0.05, 0) is 44.1 Å². The van der Waals surface area contributed by atoms with E-state index in [0.717, 1.165) is 50.4 Å². The fourth-order valence-corrected chi connectivity index (χ4v) is 7.75. The van der Waals surface area contributed by atoms with Crippen LogP contribution in [-0.4, -0.2) is 88.9 Å². The highest BCUT2D eigenvalue weighted by atomic mass is 16.5. The molecule has 1 aromatic heterocycles. The number of nitrogens with zero attached hydrogens (tertiary/aromatic N) is 5. The van der Waals surface area contributed by atoms with E-state index in [1.807, 2.05) is 4.90 Å². The lowest BCUT2D eigenvalue weighted by molar-refractivity contribution is 0.0842. The molecule has 38 heavy (non-hydrogen) atoms. The largest absolute Gasteiger partial charge is 0.453 e. The minimum atomic E-state index is -0.277. The van der Waals surface area contributed by atoms with E-state index < -0.39 is 0 Å². The standard InChI is InChI=1S/C29H39N5O4/c1-19-30-26-18-31(28(35)37-2)12-11-27(26)34(19)24-13-22-9-10-23(14-24)33(22)16-21-15-32(29(36)38-3)17-25(21)20-7-5-4-6-8-20/h4-8,21-25H,9-18H2,1-3H3/t21-,22-,23+,24?,25-/m1/s1. The van der Waals surface area contributed by atoms with E-state index in [1.54, 1.807) is 4.90 Å². The molecule has 2 aromatic rings. The van der Waals surface area contributed by atoms with Gasteiger partial charge in [-0.3, -0.25) is 4.90 Å². The van der Waals surface area contributed by atoms with Crippen molar-refractivity contribution in [2.75, 3.05) is 40.4 Å². The van der Waals surface area contributed by atoms with E-state index in [4.69, 9.17) is 14.5 Å². The third-order valence-corrected chi connectivity index (χ3v) is 9.43. The molecule has 4 aliphatic heterocycles. The lowest BCUT2D eigenvalue weighted by atomic mass is 9.87. The average Bonchev–Trinajstić information content (AvgIpc) is 3.58. The smallest absolute Gasteiger partial charge is 0.409 e.